The summed E-state index contributed by atoms with van der Waals surface area (Å²) in [4.78, 5) is 12.1. The van der Waals surface area contributed by atoms with Crippen molar-refractivity contribution in [1.29, 1.82) is 0 Å². The van der Waals surface area contributed by atoms with Gasteiger partial charge >= 0.3 is 0 Å². The van der Waals surface area contributed by atoms with Crippen molar-refractivity contribution in [2.75, 3.05) is 19.7 Å². The second-order valence-electron chi connectivity index (χ2n) is 5.22. The zero-order chi connectivity index (χ0) is 15.4. The van der Waals surface area contributed by atoms with Crippen LogP contribution in [0.1, 0.15) is 18.7 Å². The van der Waals surface area contributed by atoms with Crippen molar-refractivity contribution >= 4 is 18.3 Å². The van der Waals surface area contributed by atoms with E-state index in [1.54, 1.807) is 4.68 Å². The third-order valence-corrected chi connectivity index (χ3v) is 3.55. The van der Waals surface area contributed by atoms with Gasteiger partial charge in [0.05, 0.1) is 24.5 Å². The summed E-state index contributed by atoms with van der Waals surface area (Å²) in [6.45, 7) is 3.75. The minimum atomic E-state index is -0.444. The van der Waals surface area contributed by atoms with Gasteiger partial charge in [0.15, 0.2) is 0 Å². The SMILES string of the molecule is CC(NC(=O)C1CNCCO1)c1cn(-c2ccccc2)nn1.Cl. The third-order valence-electron chi connectivity index (χ3n) is 3.55. The molecule has 1 amide bonds. The number of morpholine rings is 1. The van der Waals surface area contributed by atoms with Crippen LogP contribution in [-0.2, 0) is 9.53 Å². The first kappa shape index (κ1) is 17.4. The fraction of sp³-hybridized carbons (Fsp3) is 0.400. The second-order valence-corrected chi connectivity index (χ2v) is 5.22. The molecule has 1 aromatic carbocycles. The molecule has 8 heteroatoms. The van der Waals surface area contributed by atoms with Crippen LogP contribution in [0.2, 0.25) is 0 Å². The van der Waals surface area contributed by atoms with Crippen LogP contribution in [-0.4, -0.2) is 46.7 Å². The number of benzene rings is 1. The molecule has 3 rings (SSSR count). The van der Waals surface area contributed by atoms with Gasteiger partial charge in [0, 0.05) is 13.1 Å². The molecule has 0 radical (unpaired) electrons. The lowest BCUT2D eigenvalue weighted by Crippen LogP contribution is -2.48. The van der Waals surface area contributed by atoms with Crippen molar-refractivity contribution in [3.63, 3.8) is 0 Å². The maximum atomic E-state index is 12.1. The van der Waals surface area contributed by atoms with E-state index in [1.807, 2.05) is 43.5 Å². The molecule has 1 aliphatic heterocycles. The van der Waals surface area contributed by atoms with E-state index < -0.39 is 6.10 Å². The highest BCUT2D eigenvalue weighted by molar-refractivity contribution is 5.85. The molecule has 23 heavy (non-hydrogen) atoms. The van der Waals surface area contributed by atoms with Crippen molar-refractivity contribution in [3.8, 4) is 5.69 Å². The van der Waals surface area contributed by atoms with Gasteiger partial charge in [0.2, 0.25) is 0 Å². The van der Waals surface area contributed by atoms with Gasteiger partial charge in [-0.05, 0) is 19.1 Å². The molecular weight excluding hydrogens is 318 g/mol. The summed E-state index contributed by atoms with van der Waals surface area (Å²) in [6.07, 6.45) is 1.38. The zero-order valence-corrected chi connectivity index (χ0v) is 13.6. The molecule has 0 saturated carbocycles. The Labute approximate surface area is 140 Å². The number of rotatable bonds is 4. The largest absolute Gasteiger partial charge is 0.366 e. The van der Waals surface area contributed by atoms with Crippen LogP contribution < -0.4 is 10.6 Å². The van der Waals surface area contributed by atoms with E-state index in [9.17, 15) is 4.79 Å². The lowest BCUT2D eigenvalue weighted by Gasteiger charge is -2.24. The summed E-state index contributed by atoms with van der Waals surface area (Å²) in [5.41, 5.74) is 1.64. The molecule has 0 bridgehead atoms. The number of para-hydroxylation sites is 1. The Hall–Kier alpha value is -1.96. The van der Waals surface area contributed by atoms with Gasteiger partial charge in [-0.15, -0.1) is 17.5 Å². The van der Waals surface area contributed by atoms with Crippen LogP contribution >= 0.6 is 12.4 Å². The van der Waals surface area contributed by atoms with Crippen LogP contribution in [0.5, 0.6) is 0 Å². The Morgan fingerprint density at radius 2 is 2.22 bits per heavy atom. The van der Waals surface area contributed by atoms with Gasteiger partial charge in [0.25, 0.3) is 5.91 Å². The number of hydrogen-bond donors (Lipinski definition) is 2. The van der Waals surface area contributed by atoms with E-state index in [0.717, 1.165) is 12.2 Å². The molecule has 2 aromatic rings. The Kier molecular flexibility index (Phi) is 6.09. The Morgan fingerprint density at radius 3 is 2.91 bits per heavy atom. The summed E-state index contributed by atoms with van der Waals surface area (Å²) in [7, 11) is 0. The van der Waals surface area contributed by atoms with Gasteiger partial charge in [-0.1, -0.05) is 23.4 Å². The third kappa shape index (κ3) is 4.28. The van der Waals surface area contributed by atoms with Crippen LogP contribution in [0, 0.1) is 0 Å². The molecule has 1 fully saturated rings. The first-order valence-corrected chi connectivity index (χ1v) is 7.34. The van der Waals surface area contributed by atoms with Crippen LogP contribution in [0.25, 0.3) is 5.69 Å². The summed E-state index contributed by atoms with van der Waals surface area (Å²) >= 11 is 0. The second kappa shape index (κ2) is 8.05. The Balaban J connectivity index is 0.00000192. The van der Waals surface area contributed by atoms with Crippen molar-refractivity contribution in [2.24, 2.45) is 0 Å². The van der Waals surface area contributed by atoms with Crippen molar-refractivity contribution in [1.82, 2.24) is 25.6 Å². The predicted molar refractivity (Wildman–Crippen MR) is 87.8 cm³/mol. The molecule has 2 N–H and O–H groups in total. The molecule has 0 aliphatic carbocycles. The van der Waals surface area contributed by atoms with Crippen molar-refractivity contribution < 1.29 is 9.53 Å². The summed E-state index contributed by atoms with van der Waals surface area (Å²) < 4.78 is 7.13. The highest BCUT2D eigenvalue weighted by atomic mass is 35.5. The van der Waals surface area contributed by atoms with E-state index >= 15 is 0 Å². The standard InChI is InChI=1S/C15H19N5O2.ClH/c1-11(17-15(21)14-9-16-7-8-22-14)13-10-20(19-18-13)12-5-3-2-4-6-12;/h2-6,10-11,14,16H,7-9H2,1H3,(H,17,21);1H. The fourth-order valence-electron chi connectivity index (χ4n) is 2.30. The molecule has 1 aliphatic rings. The average molecular weight is 338 g/mol. The fourth-order valence-corrected chi connectivity index (χ4v) is 2.30. The molecule has 2 heterocycles. The number of hydrogen-bond acceptors (Lipinski definition) is 5. The maximum Gasteiger partial charge on any atom is 0.250 e. The van der Waals surface area contributed by atoms with E-state index in [2.05, 4.69) is 20.9 Å². The molecule has 7 nitrogen and oxygen atoms in total. The van der Waals surface area contributed by atoms with Gasteiger partial charge in [-0.25, -0.2) is 4.68 Å². The number of nitrogens with zero attached hydrogens (tertiary/aromatic N) is 3. The minimum Gasteiger partial charge on any atom is -0.366 e. The minimum absolute atomic E-state index is 0. The highest BCUT2D eigenvalue weighted by Gasteiger charge is 2.24. The van der Waals surface area contributed by atoms with E-state index in [4.69, 9.17) is 4.74 Å². The quantitative estimate of drug-likeness (QED) is 0.864. The number of halogens is 1. The van der Waals surface area contributed by atoms with Gasteiger partial charge in [-0.3, -0.25) is 4.79 Å². The first-order chi connectivity index (χ1) is 10.7. The van der Waals surface area contributed by atoms with E-state index in [1.165, 1.54) is 0 Å². The maximum absolute atomic E-state index is 12.1. The Bertz CT molecular complexity index is 628. The molecule has 1 aromatic heterocycles. The van der Waals surface area contributed by atoms with Gasteiger partial charge < -0.3 is 15.4 Å². The van der Waals surface area contributed by atoms with Gasteiger partial charge in [-0.2, -0.15) is 0 Å². The van der Waals surface area contributed by atoms with Crippen molar-refractivity contribution in [2.45, 2.75) is 19.1 Å². The van der Waals surface area contributed by atoms with Crippen LogP contribution in [0.15, 0.2) is 36.5 Å². The van der Waals surface area contributed by atoms with Crippen LogP contribution in [0.4, 0.5) is 0 Å². The molecule has 124 valence electrons. The number of ether oxygens (including phenoxy) is 1. The lowest BCUT2D eigenvalue weighted by molar-refractivity contribution is -0.134. The highest BCUT2D eigenvalue weighted by Crippen LogP contribution is 2.12. The molecule has 1 saturated heterocycles. The number of nitrogens with one attached hydrogen (secondary N) is 2. The van der Waals surface area contributed by atoms with Gasteiger partial charge in [0.1, 0.15) is 11.8 Å². The molecule has 2 atom stereocenters. The number of aromatic nitrogens is 3. The topological polar surface area (TPSA) is 81.1 Å². The first-order valence-electron chi connectivity index (χ1n) is 7.34. The van der Waals surface area contributed by atoms with Crippen molar-refractivity contribution in [3.05, 3.63) is 42.2 Å². The molecule has 2 unspecified atom stereocenters. The Morgan fingerprint density at radius 1 is 1.43 bits per heavy atom. The van der Waals surface area contributed by atoms with E-state index in [-0.39, 0.29) is 24.4 Å². The predicted octanol–water partition coefficient (Wildman–Crippen LogP) is 0.855. The number of carbonyl (C=O) groups is 1. The normalized spacial score (nSPS) is 18.7. The monoisotopic (exact) mass is 337 g/mol. The zero-order valence-electron chi connectivity index (χ0n) is 12.8. The summed E-state index contributed by atoms with van der Waals surface area (Å²) in [6, 6.07) is 9.50. The lowest BCUT2D eigenvalue weighted by atomic mass is 10.2. The van der Waals surface area contributed by atoms with E-state index in [0.29, 0.717) is 18.8 Å². The van der Waals surface area contributed by atoms with Crippen LogP contribution in [0.3, 0.4) is 0 Å². The number of carbonyl (C=O) groups excluding carboxylic acids is 1. The summed E-state index contributed by atoms with van der Waals surface area (Å²) in [5, 5.41) is 14.3. The molecule has 0 spiro atoms. The number of amides is 1. The molecular formula is C15H20ClN5O2. The average Bonchev–Trinajstić information content (AvgIpc) is 3.06. The summed E-state index contributed by atoms with van der Waals surface area (Å²) in [5.74, 6) is -0.131. The smallest absolute Gasteiger partial charge is 0.250 e.